The number of halogens is 5. The van der Waals surface area contributed by atoms with Gasteiger partial charge >= 0.3 is 6.18 Å². The van der Waals surface area contributed by atoms with E-state index in [1.54, 1.807) is 12.1 Å². The average molecular weight is 386 g/mol. The van der Waals surface area contributed by atoms with Gasteiger partial charge in [-0.05, 0) is 12.1 Å². The van der Waals surface area contributed by atoms with Gasteiger partial charge in [-0.1, -0.05) is 29.8 Å². The van der Waals surface area contributed by atoms with Gasteiger partial charge in [0.15, 0.2) is 5.65 Å². The molecule has 3 aromatic rings. The summed E-state index contributed by atoms with van der Waals surface area (Å²) in [6, 6.07) is 6.79. The van der Waals surface area contributed by atoms with Gasteiger partial charge in [-0.2, -0.15) is 13.2 Å². The molecular formula is C17H12ClF4N3O. The molecule has 0 bridgehead atoms. The van der Waals surface area contributed by atoms with Crippen LogP contribution in [0, 0.1) is 5.82 Å². The summed E-state index contributed by atoms with van der Waals surface area (Å²) >= 11 is 5.85. The molecule has 0 saturated heterocycles. The van der Waals surface area contributed by atoms with Gasteiger partial charge in [-0.25, -0.2) is 9.37 Å². The molecule has 1 N–H and O–H groups in total. The van der Waals surface area contributed by atoms with Crippen molar-refractivity contribution in [3.05, 3.63) is 70.4 Å². The van der Waals surface area contributed by atoms with E-state index >= 15 is 0 Å². The first kappa shape index (κ1) is 18.2. The molecule has 1 aromatic carbocycles. The highest BCUT2D eigenvalue weighted by Gasteiger charge is 2.31. The lowest BCUT2D eigenvalue weighted by atomic mass is 10.2. The number of hydrogen-bond acceptors (Lipinski definition) is 2. The summed E-state index contributed by atoms with van der Waals surface area (Å²) in [7, 11) is 0. The standard InChI is InChI=1S/C17H12ClF4N3O/c18-13-5-11(17(20,21)22)8-25-9-12(24-16(13)25)6-15(26)23-7-10-3-1-2-4-14(10)19/h1-5,8-9H,6-7H2,(H,23,26). The van der Waals surface area contributed by atoms with Crippen LogP contribution in [0.1, 0.15) is 16.8 Å². The molecule has 3 rings (SSSR count). The van der Waals surface area contributed by atoms with Crippen molar-refractivity contribution >= 4 is 23.2 Å². The molecule has 0 aliphatic heterocycles. The SMILES string of the molecule is O=C(Cc1cn2cc(C(F)(F)F)cc(Cl)c2n1)NCc1ccccc1F. The van der Waals surface area contributed by atoms with Crippen molar-refractivity contribution in [2.24, 2.45) is 0 Å². The van der Waals surface area contributed by atoms with Crippen molar-refractivity contribution in [2.75, 3.05) is 0 Å². The van der Waals surface area contributed by atoms with Gasteiger partial charge in [0, 0.05) is 24.5 Å². The van der Waals surface area contributed by atoms with Crippen molar-refractivity contribution in [3.63, 3.8) is 0 Å². The molecule has 136 valence electrons. The number of amides is 1. The lowest BCUT2D eigenvalue weighted by molar-refractivity contribution is -0.137. The average Bonchev–Trinajstić information content (AvgIpc) is 2.96. The highest BCUT2D eigenvalue weighted by Crippen LogP contribution is 2.32. The number of hydrogen-bond donors (Lipinski definition) is 1. The fourth-order valence-corrected chi connectivity index (χ4v) is 2.67. The number of fused-ring (bicyclic) bond motifs is 1. The predicted octanol–water partition coefficient (Wildman–Crippen LogP) is 4.00. The summed E-state index contributed by atoms with van der Waals surface area (Å²) in [6.07, 6.45) is -2.55. The number of benzene rings is 1. The minimum atomic E-state index is -4.54. The Balaban J connectivity index is 1.73. The highest BCUT2D eigenvalue weighted by molar-refractivity contribution is 6.33. The van der Waals surface area contributed by atoms with Crippen molar-refractivity contribution in [3.8, 4) is 0 Å². The van der Waals surface area contributed by atoms with Crippen LogP contribution < -0.4 is 5.32 Å². The summed E-state index contributed by atoms with van der Waals surface area (Å²) in [5, 5.41) is 2.37. The van der Waals surface area contributed by atoms with Gasteiger partial charge in [0.05, 0.1) is 22.7 Å². The van der Waals surface area contributed by atoms with Crippen molar-refractivity contribution < 1.29 is 22.4 Å². The van der Waals surface area contributed by atoms with E-state index in [9.17, 15) is 22.4 Å². The largest absolute Gasteiger partial charge is 0.417 e. The van der Waals surface area contributed by atoms with Crippen LogP contribution >= 0.6 is 11.6 Å². The van der Waals surface area contributed by atoms with Gasteiger partial charge in [0.2, 0.25) is 5.91 Å². The quantitative estimate of drug-likeness (QED) is 0.690. The lowest BCUT2D eigenvalue weighted by Gasteiger charge is -2.07. The summed E-state index contributed by atoms with van der Waals surface area (Å²) in [6.45, 7) is -0.00213. The Morgan fingerprint density at radius 2 is 1.96 bits per heavy atom. The highest BCUT2D eigenvalue weighted by atomic mass is 35.5. The molecule has 26 heavy (non-hydrogen) atoms. The molecule has 0 fully saturated rings. The number of rotatable bonds is 4. The normalized spacial score (nSPS) is 11.7. The molecule has 9 heteroatoms. The molecular weight excluding hydrogens is 374 g/mol. The number of aromatic nitrogens is 2. The Morgan fingerprint density at radius 3 is 2.65 bits per heavy atom. The van der Waals surface area contributed by atoms with Crippen molar-refractivity contribution in [1.82, 2.24) is 14.7 Å². The first-order chi connectivity index (χ1) is 12.2. The van der Waals surface area contributed by atoms with Crippen molar-refractivity contribution in [2.45, 2.75) is 19.1 Å². The topological polar surface area (TPSA) is 46.4 Å². The number of nitrogens with one attached hydrogen (secondary N) is 1. The molecule has 0 atom stereocenters. The maximum Gasteiger partial charge on any atom is 0.417 e. The van der Waals surface area contributed by atoms with E-state index in [-0.39, 0.29) is 29.3 Å². The van der Waals surface area contributed by atoms with E-state index in [4.69, 9.17) is 11.6 Å². The minimum Gasteiger partial charge on any atom is -0.352 e. The van der Waals surface area contributed by atoms with Crippen LogP contribution in [0.2, 0.25) is 5.02 Å². The zero-order valence-electron chi connectivity index (χ0n) is 13.1. The number of carbonyl (C=O) groups excluding carboxylic acids is 1. The second kappa shape index (κ2) is 6.95. The first-order valence-electron chi connectivity index (χ1n) is 7.48. The summed E-state index contributed by atoms with van der Waals surface area (Å²) in [5.41, 5.74) is -0.217. The molecule has 0 unspecified atom stereocenters. The maximum absolute atomic E-state index is 13.5. The lowest BCUT2D eigenvalue weighted by Crippen LogP contribution is -2.25. The number of pyridine rings is 1. The van der Waals surface area contributed by atoms with Gasteiger partial charge in [0.25, 0.3) is 0 Å². The zero-order chi connectivity index (χ0) is 18.9. The molecule has 0 spiro atoms. The monoisotopic (exact) mass is 385 g/mol. The Bertz CT molecular complexity index is 968. The summed E-state index contributed by atoms with van der Waals surface area (Å²) in [5.74, 6) is -0.879. The van der Waals surface area contributed by atoms with Crippen LogP contribution in [-0.4, -0.2) is 15.3 Å². The van der Waals surface area contributed by atoms with Gasteiger partial charge in [-0.15, -0.1) is 0 Å². The third-order valence-electron chi connectivity index (χ3n) is 3.66. The van der Waals surface area contributed by atoms with Gasteiger partial charge < -0.3 is 9.72 Å². The Kier molecular flexibility index (Phi) is 4.86. The van der Waals surface area contributed by atoms with Gasteiger partial charge in [0.1, 0.15) is 5.82 Å². The fourth-order valence-electron chi connectivity index (χ4n) is 2.41. The minimum absolute atomic E-state index is 0.00213. The number of nitrogens with zero attached hydrogens (tertiary/aromatic N) is 2. The van der Waals surface area contributed by atoms with Gasteiger partial charge in [-0.3, -0.25) is 4.79 Å². The Morgan fingerprint density at radius 1 is 1.23 bits per heavy atom. The second-order valence-electron chi connectivity index (χ2n) is 5.58. The van der Waals surface area contributed by atoms with Crippen LogP contribution in [0.3, 0.4) is 0 Å². The van der Waals surface area contributed by atoms with E-state index in [1.807, 2.05) is 0 Å². The van der Waals surface area contributed by atoms with E-state index < -0.39 is 23.5 Å². The van der Waals surface area contributed by atoms with E-state index in [0.717, 1.165) is 16.7 Å². The molecule has 1 amide bonds. The predicted molar refractivity (Wildman–Crippen MR) is 87.2 cm³/mol. The number of alkyl halides is 3. The first-order valence-corrected chi connectivity index (χ1v) is 7.86. The Labute approximate surface area is 150 Å². The zero-order valence-corrected chi connectivity index (χ0v) is 13.9. The molecule has 0 aliphatic rings. The molecule has 0 saturated carbocycles. The second-order valence-corrected chi connectivity index (χ2v) is 5.99. The van der Waals surface area contributed by atoms with Crippen LogP contribution in [0.15, 0.2) is 42.7 Å². The molecule has 4 nitrogen and oxygen atoms in total. The van der Waals surface area contributed by atoms with Crippen LogP contribution in [-0.2, 0) is 23.9 Å². The van der Waals surface area contributed by atoms with Crippen LogP contribution in [0.25, 0.3) is 5.65 Å². The third-order valence-corrected chi connectivity index (χ3v) is 3.94. The maximum atomic E-state index is 13.5. The smallest absolute Gasteiger partial charge is 0.352 e. The Hall–Kier alpha value is -2.61. The summed E-state index contributed by atoms with van der Waals surface area (Å²) < 4.78 is 53.1. The molecule has 2 aromatic heterocycles. The number of carbonyl (C=O) groups is 1. The molecule has 0 aliphatic carbocycles. The van der Waals surface area contributed by atoms with E-state index in [2.05, 4.69) is 10.3 Å². The van der Waals surface area contributed by atoms with Crippen molar-refractivity contribution in [1.29, 1.82) is 0 Å². The summed E-state index contributed by atoms with van der Waals surface area (Å²) in [4.78, 5) is 16.1. The third kappa shape index (κ3) is 3.96. The molecule has 2 heterocycles. The number of imidazole rings is 1. The van der Waals surface area contributed by atoms with Crippen LogP contribution in [0.5, 0.6) is 0 Å². The van der Waals surface area contributed by atoms with E-state index in [1.165, 1.54) is 18.3 Å². The fraction of sp³-hybridized carbons (Fsp3) is 0.176. The molecule has 0 radical (unpaired) electrons. The van der Waals surface area contributed by atoms with E-state index in [0.29, 0.717) is 5.56 Å². The van der Waals surface area contributed by atoms with Crippen LogP contribution in [0.4, 0.5) is 17.6 Å².